The highest BCUT2D eigenvalue weighted by atomic mass is 35.5. The van der Waals surface area contributed by atoms with Crippen LogP contribution in [0, 0.1) is 11.6 Å². The molecule has 0 bridgehead atoms. The summed E-state index contributed by atoms with van der Waals surface area (Å²) in [7, 11) is -4.73. The number of amides is 3. The van der Waals surface area contributed by atoms with Crippen molar-refractivity contribution in [3.05, 3.63) is 58.1 Å². The van der Waals surface area contributed by atoms with E-state index in [9.17, 15) is 31.7 Å². The Labute approximate surface area is 254 Å². The first-order valence-electron chi connectivity index (χ1n) is 13.5. The third-order valence-corrected chi connectivity index (χ3v) is 8.00. The van der Waals surface area contributed by atoms with Crippen molar-refractivity contribution in [1.82, 2.24) is 15.1 Å². The van der Waals surface area contributed by atoms with Crippen molar-refractivity contribution in [1.29, 1.82) is 0 Å². The van der Waals surface area contributed by atoms with E-state index in [1.54, 1.807) is 11.0 Å². The molecule has 44 heavy (non-hydrogen) atoms. The Morgan fingerprint density at radius 3 is 2.41 bits per heavy atom. The summed E-state index contributed by atoms with van der Waals surface area (Å²) in [4.78, 5) is 47.9. The first-order chi connectivity index (χ1) is 20.6. The summed E-state index contributed by atoms with van der Waals surface area (Å²) in [6.45, 7) is 0.841. The Hall–Kier alpha value is -3.01. The van der Waals surface area contributed by atoms with Crippen molar-refractivity contribution in [3.8, 4) is 0 Å². The van der Waals surface area contributed by atoms with Gasteiger partial charge in [0.05, 0.1) is 29.5 Å². The van der Waals surface area contributed by atoms with Gasteiger partial charge in [0.15, 0.2) is 11.6 Å². The first-order valence-corrected chi connectivity index (χ1v) is 15.4. The molecule has 0 saturated carbocycles. The van der Waals surface area contributed by atoms with E-state index in [1.165, 1.54) is 17.0 Å². The van der Waals surface area contributed by atoms with Crippen LogP contribution < -0.4 is 15.5 Å². The summed E-state index contributed by atoms with van der Waals surface area (Å²) >= 11 is 6.15. The van der Waals surface area contributed by atoms with Crippen LogP contribution in [0.5, 0.6) is 0 Å². The van der Waals surface area contributed by atoms with Gasteiger partial charge in [0.1, 0.15) is 0 Å². The van der Waals surface area contributed by atoms with Gasteiger partial charge in [-0.25, -0.2) is 18.1 Å². The predicted molar refractivity (Wildman–Crippen MR) is 150 cm³/mol. The zero-order valence-electron chi connectivity index (χ0n) is 23.1. The summed E-state index contributed by atoms with van der Waals surface area (Å²) in [5.74, 6) is -3.76. The van der Waals surface area contributed by atoms with Crippen LogP contribution in [0.3, 0.4) is 0 Å². The fourth-order valence-electron chi connectivity index (χ4n) is 4.94. The second-order valence-electron chi connectivity index (χ2n) is 10.3. The number of phosphoric acid groups is 1. The molecule has 4 N–H and O–H groups in total. The Morgan fingerprint density at radius 2 is 1.75 bits per heavy atom. The highest BCUT2D eigenvalue weighted by molar-refractivity contribution is 7.46. The van der Waals surface area contributed by atoms with Crippen molar-refractivity contribution >= 4 is 42.7 Å². The normalized spacial score (nSPS) is 18.0. The number of phosphoric ester groups is 1. The van der Waals surface area contributed by atoms with Crippen molar-refractivity contribution in [2.75, 3.05) is 56.0 Å². The van der Waals surface area contributed by atoms with E-state index in [-0.39, 0.29) is 37.3 Å². The molecule has 2 heterocycles. The van der Waals surface area contributed by atoms with E-state index in [4.69, 9.17) is 21.4 Å². The molecule has 0 aromatic heterocycles. The number of carbonyl (C=O) groups excluding carboxylic acids is 2. The number of urea groups is 1. The lowest BCUT2D eigenvalue weighted by Crippen LogP contribution is -2.47. The number of hydrogen-bond donors (Lipinski definition) is 4. The molecule has 2 saturated heterocycles. The maximum Gasteiger partial charge on any atom is 0.469 e. The van der Waals surface area contributed by atoms with Gasteiger partial charge in [-0.3, -0.25) is 14.2 Å². The van der Waals surface area contributed by atoms with Crippen LogP contribution in [0.25, 0.3) is 0 Å². The van der Waals surface area contributed by atoms with Gasteiger partial charge in [-0.05, 0) is 30.7 Å². The molecule has 2 aromatic carbocycles. The van der Waals surface area contributed by atoms with Crippen molar-refractivity contribution in [2.45, 2.75) is 31.7 Å². The Bertz CT molecular complexity index is 1420. The molecule has 11 nitrogen and oxygen atoms in total. The van der Waals surface area contributed by atoms with Crippen LogP contribution in [0.2, 0.25) is 5.02 Å². The van der Waals surface area contributed by atoms with Gasteiger partial charge in [0.25, 0.3) is 5.91 Å². The number of rotatable bonds is 9. The van der Waals surface area contributed by atoms with Gasteiger partial charge in [0, 0.05) is 62.9 Å². The summed E-state index contributed by atoms with van der Waals surface area (Å²) in [6, 6.07) is 6.05. The molecule has 2 aromatic rings. The maximum atomic E-state index is 15.0. The molecule has 2 aliphatic rings. The third kappa shape index (κ3) is 9.25. The molecular weight excluding hydrogens is 640 g/mol. The monoisotopic (exact) mass is 669 g/mol. The number of alkyl halides is 3. The van der Waals surface area contributed by atoms with Crippen LogP contribution in [0.1, 0.15) is 28.8 Å². The number of piperazine rings is 1. The van der Waals surface area contributed by atoms with Gasteiger partial charge < -0.3 is 30.2 Å². The highest BCUT2D eigenvalue weighted by Gasteiger charge is 2.32. The second kappa shape index (κ2) is 14.0. The van der Waals surface area contributed by atoms with Gasteiger partial charge in [-0.2, -0.15) is 13.2 Å². The maximum absolute atomic E-state index is 15.0. The minimum Gasteiger partial charge on any atom is -0.367 e. The lowest BCUT2D eigenvalue weighted by Gasteiger charge is -2.37. The quantitative estimate of drug-likeness (QED) is 0.229. The minimum atomic E-state index is -4.73. The fourth-order valence-corrected chi connectivity index (χ4v) is 5.66. The first kappa shape index (κ1) is 33.9. The second-order valence-corrected chi connectivity index (χ2v) is 11.9. The lowest BCUT2D eigenvalue weighted by atomic mass is 10.1. The SMILES string of the molecule is O=C(Nc1ccc(Cl)cc1N1CCN(CCC(F)(F)F)CC1)c1ccc(CNC(=O)N2CC[C@@H](OP(=O)(O)O)C2)c(F)c1F. The van der Waals surface area contributed by atoms with Crippen LogP contribution in [0.15, 0.2) is 30.3 Å². The molecule has 0 unspecified atom stereocenters. The Kier molecular flexibility index (Phi) is 10.7. The number of carbonyl (C=O) groups is 2. The van der Waals surface area contributed by atoms with Gasteiger partial charge >= 0.3 is 20.0 Å². The molecule has 0 aliphatic carbocycles. The van der Waals surface area contributed by atoms with Crippen LogP contribution in [-0.4, -0.2) is 89.6 Å². The van der Waals surface area contributed by atoms with E-state index in [0.29, 0.717) is 36.9 Å². The largest absolute Gasteiger partial charge is 0.469 e. The summed E-state index contributed by atoms with van der Waals surface area (Å²) in [5.41, 5.74) is -0.138. The minimum absolute atomic E-state index is 0.104. The zero-order valence-corrected chi connectivity index (χ0v) is 24.8. The van der Waals surface area contributed by atoms with Crippen molar-refractivity contribution in [2.24, 2.45) is 0 Å². The number of nitrogens with one attached hydrogen (secondary N) is 2. The average Bonchev–Trinajstić information content (AvgIpc) is 3.40. The van der Waals surface area contributed by atoms with Crippen LogP contribution >= 0.6 is 19.4 Å². The Morgan fingerprint density at radius 1 is 1.05 bits per heavy atom. The molecule has 3 amide bonds. The number of likely N-dealkylation sites (tertiary alicyclic amines) is 1. The van der Waals surface area contributed by atoms with E-state index in [2.05, 4.69) is 15.2 Å². The number of halogens is 6. The molecule has 0 radical (unpaired) electrons. The smallest absolute Gasteiger partial charge is 0.367 e. The highest BCUT2D eigenvalue weighted by Crippen LogP contribution is 2.39. The zero-order chi connectivity index (χ0) is 32.2. The summed E-state index contributed by atoms with van der Waals surface area (Å²) < 4.78 is 83.2. The van der Waals surface area contributed by atoms with Crippen LogP contribution in [-0.2, 0) is 15.6 Å². The molecular formula is C26H30ClF5N5O6P. The number of benzene rings is 2. The standard InChI is InChI=1S/C26H30ClF5N5O6P/c27-17-2-4-20(21(13-17)36-11-9-35(10-12-36)8-6-26(30,31)32)34-24(38)19-3-1-16(22(28)23(19)29)14-33-25(39)37-7-5-18(15-37)43-44(40,41)42/h1-4,13,18H,5-12,14-15H2,(H,33,39)(H,34,38)(H2,40,41,42)/t18-/m1/s1. The molecule has 1 atom stereocenters. The van der Waals surface area contributed by atoms with E-state index in [1.807, 2.05) is 4.90 Å². The molecule has 2 fully saturated rings. The number of hydrogen-bond acceptors (Lipinski definition) is 6. The number of nitrogens with zero attached hydrogens (tertiary/aromatic N) is 3. The van der Waals surface area contributed by atoms with E-state index >= 15 is 4.39 Å². The molecule has 18 heteroatoms. The van der Waals surface area contributed by atoms with Crippen LogP contribution in [0.4, 0.5) is 38.1 Å². The molecule has 0 spiro atoms. The van der Waals surface area contributed by atoms with Crippen molar-refractivity contribution in [3.63, 3.8) is 0 Å². The summed E-state index contributed by atoms with van der Waals surface area (Å²) in [5, 5.41) is 5.29. The van der Waals surface area contributed by atoms with Gasteiger partial charge in [-0.15, -0.1) is 0 Å². The van der Waals surface area contributed by atoms with E-state index < -0.39 is 62.2 Å². The van der Waals surface area contributed by atoms with Gasteiger partial charge in [-0.1, -0.05) is 17.7 Å². The average molecular weight is 670 g/mol. The molecule has 4 rings (SSSR count). The fraction of sp³-hybridized carbons (Fsp3) is 0.462. The van der Waals surface area contributed by atoms with Gasteiger partial charge in [0.2, 0.25) is 0 Å². The van der Waals surface area contributed by atoms with Crippen molar-refractivity contribution < 1.29 is 50.4 Å². The third-order valence-electron chi connectivity index (χ3n) is 7.19. The number of anilines is 2. The predicted octanol–water partition coefficient (Wildman–Crippen LogP) is 4.34. The summed E-state index contributed by atoms with van der Waals surface area (Å²) in [6.07, 6.45) is -5.87. The topological polar surface area (TPSA) is 135 Å². The molecule has 2 aliphatic heterocycles. The lowest BCUT2D eigenvalue weighted by molar-refractivity contribution is -0.138. The Balaban J connectivity index is 1.37. The van der Waals surface area contributed by atoms with E-state index in [0.717, 1.165) is 12.1 Å². The molecule has 242 valence electrons.